The fourth-order valence-corrected chi connectivity index (χ4v) is 6.92. The van der Waals surface area contributed by atoms with Crippen molar-refractivity contribution < 1.29 is 17.9 Å². The molecule has 1 saturated heterocycles. The van der Waals surface area contributed by atoms with Crippen molar-refractivity contribution in [2.45, 2.75) is 29.4 Å². The van der Waals surface area contributed by atoms with Crippen molar-refractivity contribution in [3.63, 3.8) is 0 Å². The molecular formula is C23H24Cl2N2O4S2. The number of hydrogen-bond donors (Lipinski definition) is 0. The van der Waals surface area contributed by atoms with E-state index in [1.807, 2.05) is 23.6 Å². The van der Waals surface area contributed by atoms with Crippen molar-refractivity contribution >= 4 is 49.5 Å². The molecule has 0 atom stereocenters. The molecule has 4 rings (SSSR count). The summed E-state index contributed by atoms with van der Waals surface area (Å²) in [6.45, 7) is 1.27. The topological polar surface area (TPSA) is 68.7 Å². The number of ether oxygens (including phenoxy) is 2. The Morgan fingerprint density at radius 3 is 2.42 bits per heavy atom. The molecular weight excluding hydrogens is 503 g/mol. The Labute approximate surface area is 208 Å². The molecule has 33 heavy (non-hydrogen) atoms. The smallest absolute Gasteiger partial charge is 0.185 e. The summed E-state index contributed by atoms with van der Waals surface area (Å²) < 4.78 is 36.8. The maximum absolute atomic E-state index is 13.0. The molecule has 1 aliphatic heterocycles. The number of nitrogens with zero attached hydrogens (tertiary/aromatic N) is 2. The van der Waals surface area contributed by atoms with Gasteiger partial charge in [0.15, 0.2) is 26.5 Å². The van der Waals surface area contributed by atoms with Crippen LogP contribution in [0.25, 0.3) is 0 Å². The van der Waals surface area contributed by atoms with Gasteiger partial charge in [-0.15, -0.1) is 11.3 Å². The second-order valence-corrected chi connectivity index (χ2v) is 11.7. The summed E-state index contributed by atoms with van der Waals surface area (Å²) in [5, 5.41) is 3.11. The molecule has 0 unspecified atom stereocenters. The van der Waals surface area contributed by atoms with Crippen LogP contribution in [0.5, 0.6) is 11.5 Å². The first-order chi connectivity index (χ1) is 15.8. The Hall–Kier alpha value is -2.00. The number of aromatic nitrogens is 1. The van der Waals surface area contributed by atoms with E-state index in [4.69, 9.17) is 37.7 Å². The Kier molecular flexibility index (Phi) is 7.38. The minimum absolute atomic E-state index is 0.224. The van der Waals surface area contributed by atoms with E-state index in [0.717, 1.165) is 16.4 Å². The maximum Gasteiger partial charge on any atom is 0.185 e. The molecule has 0 spiro atoms. The summed E-state index contributed by atoms with van der Waals surface area (Å²) in [5.41, 5.74) is 2.05. The van der Waals surface area contributed by atoms with Crippen LogP contribution in [0.2, 0.25) is 10.0 Å². The standard InChI is InChI=1S/C23H24Cl2N2O4S2/c1-30-21-6-3-15(12-22(21)31-2)11-16-14-32-23(26-16)27-9-7-17(8-10-27)33(28,29)18-4-5-19(24)20(25)13-18/h3-6,12-14,17H,7-11H2,1-2H3. The van der Waals surface area contributed by atoms with E-state index in [9.17, 15) is 8.42 Å². The quantitative estimate of drug-likeness (QED) is 0.404. The Balaban J connectivity index is 1.40. The third-order valence-corrected chi connectivity index (χ3v) is 9.69. The minimum atomic E-state index is -3.46. The number of anilines is 1. The van der Waals surface area contributed by atoms with E-state index in [1.54, 1.807) is 25.6 Å². The van der Waals surface area contributed by atoms with E-state index in [2.05, 4.69) is 4.90 Å². The number of halogens is 2. The number of benzene rings is 2. The monoisotopic (exact) mass is 526 g/mol. The first-order valence-corrected chi connectivity index (χ1v) is 13.6. The van der Waals surface area contributed by atoms with E-state index >= 15 is 0 Å². The zero-order valence-electron chi connectivity index (χ0n) is 18.3. The lowest BCUT2D eigenvalue weighted by atomic mass is 10.1. The lowest BCUT2D eigenvalue weighted by Gasteiger charge is -2.31. The van der Waals surface area contributed by atoms with Gasteiger partial charge < -0.3 is 14.4 Å². The predicted molar refractivity (Wildman–Crippen MR) is 133 cm³/mol. The fourth-order valence-electron chi connectivity index (χ4n) is 3.93. The molecule has 1 fully saturated rings. The number of hydrogen-bond acceptors (Lipinski definition) is 7. The van der Waals surface area contributed by atoms with Gasteiger partial charge in [0.2, 0.25) is 0 Å². The molecule has 0 bridgehead atoms. The molecule has 10 heteroatoms. The van der Waals surface area contributed by atoms with Gasteiger partial charge in [-0.05, 0) is 48.7 Å². The zero-order valence-corrected chi connectivity index (χ0v) is 21.4. The molecule has 2 heterocycles. The number of thiazole rings is 1. The van der Waals surface area contributed by atoms with Gasteiger partial charge in [-0.2, -0.15) is 0 Å². The number of methoxy groups -OCH3 is 2. The average Bonchev–Trinajstić information content (AvgIpc) is 3.29. The van der Waals surface area contributed by atoms with Crippen LogP contribution < -0.4 is 14.4 Å². The second-order valence-electron chi connectivity index (χ2n) is 7.79. The Morgan fingerprint density at radius 2 is 1.76 bits per heavy atom. The lowest BCUT2D eigenvalue weighted by Crippen LogP contribution is -2.39. The van der Waals surface area contributed by atoms with Gasteiger partial charge in [0.05, 0.1) is 40.1 Å². The van der Waals surface area contributed by atoms with Gasteiger partial charge in [0.1, 0.15) is 0 Å². The molecule has 2 aromatic carbocycles. The van der Waals surface area contributed by atoms with Crippen LogP contribution in [0.4, 0.5) is 5.13 Å². The van der Waals surface area contributed by atoms with Crippen LogP contribution in [-0.2, 0) is 16.3 Å². The molecule has 0 radical (unpaired) electrons. The molecule has 0 N–H and O–H groups in total. The predicted octanol–water partition coefficient (Wildman–Crippen LogP) is 5.50. The summed E-state index contributed by atoms with van der Waals surface area (Å²) in [7, 11) is -0.230. The van der Waals surface area contributed by atoms with Gasteiger partial charge in [-0.1, -0.05) is 29.3 Å². The maximum atomic E-state index is 13.0. The molecule has 1 aliphatic rings. The lowest BCUT2D eigenvalue weighted by molar-refractivity contribution is 0.354. The van der Waals surface area contributed by atoms with Gasteiger partial charge in [0.25, 0.3) is 0 Å². The average molecular weight is 527 g/mol. The van der Waals surface area contributed by atoms with E-state index in [-0.39, 0.29) is 9.92 Å². The van der Waals surface area contributed by atoms with Crippen molar-refractivity contribution in [2.24, 2.45) is 0 Å². The highest BCUT2D eigenvalue weighted by Crippen LogP contribution is 2.33. The highest BCUT2D eigenvalue weighted by molar-refractivity contribution is 7.92. The number of sulfone groups is 1. The van der Waals surface area contributed by atoms with Crippen LogP contribution in [0.15, 0.2) is 46.7 Å². The van der Waals surface area contributed by atoms with Crippen molar-refractivity contribution in [2.75, 3.05) is 32.2 Å². The molecule has 3 aromatic rings. The van der Waals surface area contributed by atoms with Crippen LogP contribution in [0, 0.1) is 0 Å². The Bertz CT molecular complexity index is 1240. The molecule has 0 saturated carbocycles. The summed E-state index contributed by atoms with van der Waals surface area (Å²) in [4.78, 5) is 7.17. The highest BCUT2D eigenvalue weighted by Gasteiger charge is 2.32. The zero-order chi connectivity index (χ0) is 23.6. The van der Waals surface area contributed by atoms with Gasteiger partial charge in [-0.25, -0.2) is 13.4 Å². The fraction of sp³-hybridized carbons (Fsp3) is 0.348. The van der Waals surface area contributed by atoms with E-state index in [0.29, 0.717) is 48.9 Å². The van der Waals surface area contributed by atoms with E-state index < -0.39 is 15.1 Å². The molecule has 1 aromatic heterocycles. The van der Waals surface area contributed by atoms with E-state index in [1.165, 1.54) is 18.2 Å². The van der Waals surface area contributed by atoms with Gasteiger partial charge in [-0.3, -0.25) is 0 Å². The normalized spacial score (nSPS) is 15.0. The van der Waals surface area contributed by atoms with Gasteiger partial charge >= 0.3 is 0 Å². The van der Waals surface area contributed by atoms with Crippen molar-refractivity contribution in [3.8, 4) is 11.5 Å². The Morgan fingerprint density at radius 1 is 1.03 bits per heavy atom. The molecule has 6 nitrogen and oxygen atoms in total. The minimum Gasteiger partial charge on any atom is -0.493 e. The van der Waals surface area contributed by atoms with Crippen molar-refractivity contribution in [1.82, 2.24) is 4.98 Å². The molecule has 0 amide bonds. The summed E-state index contributed by atoms with van der Waals surface area (Å²) in [6, 6.07) is 10.3. The second kappa shape index (κ2) is 10.1. The summed E-state index contributed by atoms with van der Waals surface area (Å²) in [5.74, 6) is 1.38. The summed E-state index contributed by atoms with van der Waals surface area (Å²) in [6.07, 6.45) is 1.75. The van der Waals surface area contributed by atoms with Crippen LogP contribution in [-0.4, -0.2) is 46.0 Å². The highest BCUT2D eigenvalue weighted by atomic mass is 35.5. The van der Waals surface area contributed by atoms with Crippen LogP contribution in [0.3, 0.4) is 0 Å². The SMILES string of the molecule is COc1ccc(Cc2csc(N3CCC(S(=O)(=O)c4ccc(Cl)c(Cl)c4)CC3)n2)cc1OC. The van der Waals surface area contributed by atoms with Crippen LogP contribution >= 0.6 is 34.5 Å². The third-order valence-electron chi connectivity index (χ3n) is 5.74. The first kappa shape index (κ1) is 24.1. The van der Waals surface area contributed by atoms with Crippen LogP contribution in [0.1, 0.15) is 24.1 Å². The van der Waals surface area contributed by atoms with Crippen molar-refractivity contribution in [1.29, 1.82) is 0 Å². The number of piperidine rings is 1. The number of rotatable bonds is 7. The van der Waals surface area contributed by atoms with Gasteiger partial charge in [0, 0.05) is 24.9 Å². The molecule has 176 valence electrons. The first-order valence-electron chi connectivity index (χ1n) is 10.4. The van der Waals surface area contributed by atoms with Crippen molar-refractivity contribution in [3.05, 3.63) is 63.1 Å². The third kappa shape index (κ3) is 5.24. The largest absolute Gasteiger partial charge is 0.493 e. The molecule has 0 aliphatic carbocycles. The summed E-state index contributed by atoms with van der Waals surface area (Å²) >= 11 is 13.5.